The Morgan fingerprint density at radius 3 is 2.38 bits per heavy atom. The van der Waals surface area contributed by atoms with Crippen molar-refractivity contribution in [1.82, 2.24) is 10.4 Å². The van der Waals surface area contributed by atoms with Gasteiger partial charge in [-0.1, -0.05) is 23.5 Å². The molecule has 0 radical (unpaired) electrons. The fourth-order valence-electron chi connectivity index (χ4n) is 2.55. The van der Waals surface area contributed by atoms with Crippen LogP contribution in [0, 0.1) is 5.41 Å². The number of nitrogens with zero attached hydrogens (tertiary/aromatic N) is 2. The van der Waals surface area contributed by atoms with Crippen molar-refractivity contribution in [2.75, 3.05) is 19.5 Å². The van der Waals surface area contributed by atoms with Crippen LogP contribution < -0.4 is 25.9 Å². The van der Waals surface area contributed by atoms with Gasteiger partial charge < -0.3 is 15.2 Å². The van der Waals surface area contributed by atoms with Crippen molar-refractivity contribution in [3.63, 3.8) is 0 Å². The first-order chi connectivity index (χ1) is 13.9. The molecule has 29 heavy (non-hydrogen) atoms. The highest BCUT2D eigenvalue weighted by molar-refractivity contribution is 7.22. The number of methoxy groups -OCH3 is 2. The van der Waals surface area contributed by atoms with Crippen LogP contribution in [0.1, 0.15) is 22.8 Å². The number of nitrogens with two attached hydrogens (primary N) is 1. The van der Waals surface area contributed by atoms with E-state index < -0.39 is 0 Å². The maximum atomic E-state index is 12.6. The first-order valence-corrected chi connectivity index (χ1v) is 9.31. The number of fused-ring (bicyclic) bond motifs is 1. The standard InChI is InChI=1S/C19H20N6O3S/c1-10(24-25-18(20)21)11-4-6-12(7-5-11)17(26)23-19-22-13-8-14(27-2)15(28-3)9-16(13)29-19/h4-9H,1-3H3,(H4,20,21,25)(H,22,23,26)/b24-10+. The van der Waals surface area contributed by atoms with Gasteiger partial charge in [0.2, 0.25) is 5.96 Å². The molecule has 0 spiro atoms. The summed E-state index contributed by atoms with van der Waals surface area (Å²) in [5.74, 6) is 0.667. The number of carbonyl (C=O) groups excluding carboxylic acids is 1. The highest BCUT2D eigenvalue weighted by Gasteiger charge is 2.13. The molecule has 3 aromatic rings. The van der Waals surface area contributed by atoms with Crippen molar-refractivity contribution < 1.29 is 14.3 Å². The van der Waals surface area contributed by atoms with Crippen LogP contribution >= 0.6 is 11.3 Å². The van der Waals surface area contributed by atoms with Crippen LogP contribution in [0.15, 0.2) is 41.5 Å². The second-order valence-electron chi connectivity index (χ2n) is 5.95. The number of hydrogen-bond acceptors (Lipinski definition) is 7. The fraction of sp³-hybridized carbons (Fsp3) is 0.158. The number of rotatable bonds is 6. The molecule has 0 saturated heterocycles. The number of aromatic nitrogens is 1. The molecule has 0 aliphatic heterocycles. The third kappa shape index (κ3) is 4.61. The van der Waals surface area contributed by atoms with Gasteiger partial charge in [0.05, 0.1) is 30.1 Å². The van der Waals surface area contributed by atoms with Crippen molar-refractivity contribution in [3.05, 3.63) is 47.5 Å². The van der Waals surface area contributed by atoms with E-state index in [1.54, 1.807) is 51.5 Å². The molecule has 3 rings (SSSR count). The number of ether oxygens (including phenoxy) is 2. The fourth-order valence-corrected chi connectivity index (χ4v) is 3.42. The Balaban J connectivity index is 1.76. The molecule has 5 N–H and O–H groups in total. The molecule has 0 atom stereocenters. The molecule has 10 heteroatoms. The van der Waals surface area contributed by atoms with Gasteiger partial charge >= 0.3 is 0 Å². The van der Waals surface area contributed by atoms with Crippen molar-refractivity contribution in [2.45, 2.75) is 6.92 Å². The van der Waals surface area contributed by atoms with Crippen LogP contribution in [0.4, 0.5) is 5.13 Å². The lowest BCUT2D eigenvalue weighted by molar-refractivity contribution is 0.102. The smallest absolute Gasteiger partial charge is 0.257 e. The summed E-state index contributed by atoms with van der Waals surface area (Å²) in [4.78, 5) is 17.0. The minimum absolute atomic E-state index is 0.244. The Labute approximate surface area is 171 Å². The molecule has 1 aromatic heterocycles. The summed E-state index contributed by atoms with van der Waals surface area (Å²) in [7, 11) is 3.13. The number of benzene rings is 2. The largest absolute Gasteiger partial charge is 0.493 e. The van der Waals surface area contributed by atoms with Crippen LogP contribution in [0.25, 0.3) is 10.2 Å². The summed E-state index contributed by atoms with van der Waals surface area (Å²) in [6, 6.07) is 10.5. The summed E-state index contributed by atoms with van der Waals surface area (Å²) in [5.41, 5.74) is 10.2. The zero-order chi connectivity index (χ0) is 21.0. The number of thiazole rings is 1. The molecule has 0 bridgehead atoms. The number of hydrogen-bond donors (Lipinski definition) is 4. The molecule has 1 heterocycles. The second-order valence-corrected chi connectivity index (χ2v) is 6.98. The molecule has 0 aliphatic carbocycles. The Morgan fingerprint density at radius 1 is 1.14 bits per heavy atom. The van der Waals surface area contributed by atoms with Gasteiger partial charge in [-0.3, -0.25) is 15.5 Å². The predicted molar refractivity (Wildman–Crippen MR) is 114 cm³/mol. The predicted octanol–water partition coefficient (Wildman–Crippen LogP) is 2.77. The molecule has 0 saturated carbocycles. The van der Waals surface area contributed by atoms with Crippen LogP contribution in [0.5, 0.6) is 11.5 Å². The van der Waals surface area contributed by atoms with E-state index in [0.29, 0.717) is 33.4 Å². The number of nitrogens with one attached hydrogen (secondary N) is 3. The second kappa shape index (κ2) is 8.57. The first kappa shape index (κ1) is 20.1. The van der Waals surface area contributed by atoms with E-state index >= 15 is 0 Å². The zero-order valence-electron chi connectivity index (χ0n) is 16.1. The third-order valence-corrected chi connectivity index (χ3v) is 4.96. The lowest BCUT2D eigenvalue weighted by Crippen LogP contribution is -2.26. The highest BCUT2D eigenvalue weighted by atomic mass is 32.1. The summed E-state index contributed by atoms with van der Waals surface area (Å²) in [6.45, 7) is 1.77. The van der Waals surface area contributed by atoms with E-state index in [1.807, 2.05) is 6.07 Å². The Kier molecular flexibility index (Phi) is 5.93. The molecule has 0 fully saturated rings. The van der Waals surface area contributed by atoms with E-state index in [-0.39, 0.29) is 11.9 Å². The van der Waals surface area contributed by atoms with E-state index in [2.05, 4.69) is 20.8 Å². The van der Waals surface area contributed by atoms with Gasteiger partial charge in [-0.05, 0) is 24.6 Å². The number of amides is 1. The Morgan fingerprint density at radius 2 is 1.76 bits per heavy atom. The lowest BCUT2D eigenvalue weighted by Gasteiger charge is -2.05. The average molecular weight is 412 g/mol. The third-order valence-electron chi connectivity index (χ3n) is 4.02. The Bertz CT molecular complexity index is 1050. The molecule has 2 aromatic carbocycles. The maximum Gasteiger partial charge on any atom is 0.257 e. The van der Waals surface area contributed by atoms with E-state index in [4.69, 9.17) is 20.6 Å². The van der Waals surface area contributed by atoms with Gasteiger partial charge in [-0.2, -0.15) is 5.10 Å². The van der Waals surface area contributed by atoms with Crippen molar-refractivity contribution in [2.24, 2.45) is 10.8 Å². The van der Waals surface area contributed by atoms with E-state index in [1.165, 1.54) is 11.3 Å². The summed E-state index contributed by atoms with van der Waals surface area (Å²) < 4.78 is 11.5. The van der Waals surface area contributed by atoms with Gasteiger partial charge in [-0.25, -0.2) is 10.4 Å². The highest BCUT2D eigenvalue weighted by Crippen LogP contribution is 2.36. The van der Waals surface area contributed by atoms with Gasteiger partial charge in [0.25, 0.3) is 5.91 Å². The monoisotopic (exact) mass is 412 g/mol. The van der Waals surface area contributed by atoms with Crippen LogP contribution in [0.2, 0.25) is 0 Å². The molecular weight excluding hydrogens is 392 g/mol. The minimum Gasteiger partial charge on any atom is -0.493 e. The molecular formula is C19H20N6O3S. The SMILES string of the molecule is COc1cc2nc(NC(=O)c3ccc(/C(C)=N/NC(=N)N)cc3)sc2cc1OC. The van der Waals surface area contributed by atoms with Gasteiger partial charge in [-0.15, -0.1) is 0 Å². The first-order valence-electron chi connectivity index (χ1n) is 8.50. The quantitative estimate of drug-likeness (QED) is 0.279. The topological polar surface area (TPSA) is 135 Å². The number of hydrazone groups is 1. The molecule has 150 valence electrons. The van der Waals surface area contributed by atoms with E-state index in [0.717, 1.165) is 10.3 Å². The summed E-state index contributed by atoms with van der Waals surface area (Å²) >= 11 is 1.35. The van der Waals surface area contributed by atoms with Crippen LogP contribution in [0.3, 0.4) is 0 Å². The molecule has 1 amide bonds. The normalized spacial score (nSPS) is 11.2. The molecule has 0 aliphatic rings. The summed E-state index contributed by atoms with van der Waals surface area (Å²) in [5, 5.41) is 14.4. The van der Waals surface area contributed by atoms with Crippen molar-refractivity contribution >= 4 is 44.3 Å². The number of carbonyl (C=O) groups is 1. The summed E-state index contributed by atoms with van der Waals surface area (Å²) in [6.07, 6.45) is 0. The maximum absolute atomic E-state index is 12.6. The van der Waals surface area contributed by atoms with Crippen LogP contribution in [-0.4, -0.2) is 36.8 Å². The lowest BCUT2D eigenvalue weighted by atomic mass is 10.1. The van der Waals surface area contributed by atoms with Gasteiger partial charge in [0.15, 0.2) is 16.6 Å². The zero-order valence-corrected chi connectivity index (χ0v) is 16.9. The number of anilines is 1. The van der Waals surface area contributed by atoms with E-state index in [9.17, 15) is 4.79 Å². The van der Waals surface area contributed by atoms with Gasteiger partial charge in [0.1, 0.15) is 0 Å². The molecule has 9 nitrogen and oxygen atoms in total. The average Bonchev–Trinajstić information content (AvgIpc) is 3.11. The molecule has 0 unspecified atom stereocenters. The van der Waals surface area contributed by atoms with Crippen LogP contribution in [-0.2, 0) is 0 Å². The van der Waals surface area contributed by atoms with Gasteiger partial charge in [0, 0.05) is 17.7 Å². The number of guanidine groups is 1. The minimum atomic E-state index is -0.272. The van der Waals surface area contributed by atoms with Crippen molar-refractivity contribution in [3.8, 4) is 11.5 Å². The Hall–Kier alpha value is -3.66. The van der Waals surface area contributed by atoms with Crippen molar-refractivity contribution in [1.29, 1.82) is 5.41 Å².